The van der Waals surface area contributed by atoms with Crippen molar-refractivity contribution in [1.29, 1.82) is 0 Å². The maximum absolute atomic E-state index is 13.1. The van der Waals surface area contributed by atoms with Crippen LogP contribution in [0.4, 0.5) is 5.69 Å². The second kappa shape index (κ2) is 6.67. The number of fused-ring (bicyclic) bond motifs is 1. The summed E-state index contributed by atoms with van der Waals surface area (Å²) in [6, 6.07) is 13.8. The van der Waals surface area contributed by atoms with Crippen molar-refractivity contribution in [2.75, 3.05) is 11.1 Å². The Bertz CT molecular complexity index is 1140. The molecular formula is C18H13Cl2N3O3S. The number of sulfone groups is 1. The zero-order valence-corrected chi connectivity index (χ0v) is 16.1. The molecule has 0 spiro atoms. The molecule has 3 aromatic rings. The molecule has 1 amide bonds. The molecule has 0 saturated heterocycles. The molecule has 2 aromatic carbocycles. The van der Waals surface area contributed by atoms with Crippen LogP contribution in [0.5, 0.6) is 0 Å². The zero-order chi connectivity index (χ0) is 19.2. The van der Waals surface area contributed by atoms with Crippen LogP contribution in [0.3, 0.4) is 0 Å². The van der Waals surface area contributed by atoms with Crippen LogP contribution in [0.1, 0.15) is 10.5 Å². The second-order valence-corrected chi connectivity index (χ2v) is 8.80. The Morgan fingerprint density at radius 1 is 1.04 bits per heavy atom. The first kappa shape index (κ1) is 18.0. The number of hydrogen-bond donors (Lipinski definition) is 1. The van der Waals surface area contributed by atoms with Gasteiger partial charge in [0.15, 0.2) is 0 Å². The van der Waals surface area contributed by atoms with E-state index < -0.39 is 15.7 Å². The summed E-state index contributed by atoms with van der Waals surface area (Å²) in [6.07, 6.45) is 0. The number of hydrogen-bond acceptors (Lipinski definition) is 4. The molecule has 0 fully saturated rings. The third-order valence-electron chi connectivity index (χ3n) is 4.26. The van der Waals surface area contributed by atoms with Gasteiger partial charge in [-0.05, 0) is 12.1 Å². The molecular weight excluding hydrogens is 409 g/mol. The van der Waals surface area contributed by atoms with E-state index in [4.69, 9.17) is 23.2 Å². The predicted octanol–water partition coefficient (Wildman–Crippen LogP) is 3.90. The van der Waals surface area contributed by atoms with Crippen molar-refractivity contribution in [2.24, 2.45) is 0 Å². The minimum atomic E-state index is -3.52. The van der Waals surface area contributed by atoms with Crippen LogP contribution < -0.4 is 5.32 Å². The fourth-order valence-corrected chi connectivity index (χ4v) is 4.84. The number of anilines is 1. The van der Waals surface area contributed by atoms with Crippen LogP contribution in [0, 0.1) is 0 Å². The fourth-order valence-electron chi connectivity index (χ4n) is 3.00. The number of amides is 1. The van der Waals surface area contributed by atoms with Gasteiger partial charge in [0.25, 0.3) is 5.91 Å². The van der Waals surface area contributed by atoms with Gasteiger partial charge >= 0.3 is 0 Å². The zero-order valence-electron chi connectivity index (χ0n) is 13.8. The van der Waals surface area contributed by atoms with Crippen molar-refractivity contribution in [3.63, 3.8) is 0 Å². The number of carbonyl (C=O) groups is 1. The summed E-state index contributed by atoms with van der Waals surface area (Å²) in [4.78, 5) is 17.3. The smallest absolute Gasteiger partial charge is 0.274 e. The van der Waals surface area contributed by atoms with Crippen LogP contribution in [-0.4, -0.2) is 29.6 Å². The van der Waals surface area contributed by atoms with Gasteiger partial charge in [-0.15, -0.1) is 0 Å². The summed E-state index contributed by atoms with van der Waals surface area (Å²) in [6.45, 7) is 0.163. The van der Waals surface area contributed by atoms with Gasteiger partial charge in [0.05, 0.1) is 21.5 Å². The van der Waals surface area contributed by atoms with Crippen molar-refractivity contribution >= 4 is 44.6 Å². The van der Waals surface area contributed by atoms with Crippen LogP contribution in [-0.2, 0) is 16.4 Å². The molecule has 1 aliphatic rings. The Morgan fingerprint density at radius 2 is 1.70 bits per heavy atom. The third-order valence-corrected chi connectivity index (χ3v) is 6.48. The maximum atomic E-state index is 13.1. The molecule has 0 radical (unpaired) electrons. The highest BCUT2D eigenvalue weighted by Crippen LogP contribution is 2.33. The number of para-hydroxylation sites is 1. The molecule has 0 bridgehead atoms. The molecule has 1 N–H and O–H groups in total. The van der Waals surface area contributed by atoms with Crippen LogP contribution in [0.25, 0.3) is 11.3 Å². The molecule has 1 aromatic heterocycles. The third kappa shape index (κ3) is 3.12. The van der Waals surface area contributed by atoms with Gasteiger partial charge in [0.1, 0.15) is 11.4 Å². The van der Waals surface area contributed by atoms with Crippen molar-refractivity contribution < 1.29 is 13.2 Å². The van der Waals surface area contributed by atoms with E-state index in [9.17, 15) is 13.2 Å². The lowest BCUT2D eigenvalue weighted by Crippen LogP contribution is -2.18. The Balaban J connectivity index is 1.86. The summed E-state index contributed by atoms with van der Waals surface area (Å²) < 4.78 is 26.0. The normalized spacial score (nSPS) is 14.7. The molecule has 0 atom stereocenters. The van der Waals surface area contributed by atoms with Crippen molar-refractivity contribution in [3.8, 4) is 11.3 Å². The highest BCUT2D eigenvalue weighted by atomic mass is 35.5. The molecule has 0 saturated carbocycles. The van der Waals surface area contributed by atoms with E-state index in [0.29, 0.717) is 11.3 Å². The van der Waals surface area contributed by atoms with E-state index in [1.165, 1.54) is 4.57 Å². The van der Waals surface area contributed by atoms with Gasteiger partial charge in [0.2, 0.25) is 15.0 Å². The highest BCUT2D eigenvalue weighted by Gasteiger charge is 2.35. The molecule has 2 heterocycles. The standard InChI is InChI=1S/C18H13Cl2N3O3S/c19-12-7-4-8-13(20)15(12)21-17(24)16-14(11-5-2-1-3-6-11)22-18-23(16)9-10-27(18,25)26/h1-8H,9-10H2,(H,21,24). The first-order chi connectivity index (χ1) is 12.9. The molecule has 138 valence electrons. The van der Waals surface area contributed by atoms with Gasteiger partial charge in [-0.3, -0.25) is 4.79 Å². The average Bonchev–Trinajstić information content (AvgIpc) is 3.17. The Hall–Kier alpha value is -2.35. The first-order valence-electron chi connectivity index (χ1n) is 8.02. The van der Waals surface area contributed by atoms with E-state index in [0.717, 1.165) is 0 Å². The van der Waals surface area contributed by atoms with E-state index in [1.807, 2.05) is 6.07 Å². The summed E-state index contributed by atoms with van der Waals surface area (Å²) in [5.41, 5.74) is 1.37. The quantitative estimate of drug-likeness (QED) is 0.695. The van der Waals surface area contributed by atoms with Crippen molar-refractivity contribution in [1.82, 2.24) is 9.55 Å². The first-order valence-corrected chi connectivity index (χ1v) is 10.4. The molecule has 1 aliphatic heterocycles. The molecule has 0 aliphatic carbocycles. The van der Waals surface area contributed by atoms with Crippen molar-refractivity contribution in [3.05, 3.63) is 64.3 Å². The molecule has 6 nitrogen and oxygen atoms in total. The average molecular weight is 422 g/mol. The number of rotatable bonds is 3. The van der Waals surface area contributed by atoms with Gasteiger partial charge in [-0.1, -0.05) is 59.6 Å². The minimum absolute atomic E-state index is 0.0858. The molecule has 4 rings (SSSR count). The summed E-state index contributed by atoms with van der Waals surface area (Å²) in [7, 11) is -3.52. The Morgan fingerprint density at radius 3 is 2.37 bits per heavy atom. The fraction of sp³-hybridized carbons (Fsp3) is 0.111. The number of halogens is 2. The number of nitrogens with zero attached hydrogens (tertiary/aromatic N) is 2. The van der Waals surface area contributed by atoms with Gasteiger partial charge < -0.3 is 9.88 Å². The van der Waals surface area contributed by atoms with E-state index >= 15 is 0 Å². The van der Waals surface area contributed by atoms with E-state index in [2.05, 4.69) is 10.3 Å². The van der Waals surface area contributed by atoms with Gasteiger partial charge in [-0.2, -0.15) is 0 Å². The molecule has 27 heavy (non-hydrogen) atoms. The Kier molecular flexibility index (Phi) is 4.46. The number of aromatic nitrogens is 2. The summed E-state index contributed by atoms with van der Waals surface area (Å²) >= 11 is 12.3. The van der Waals surface area contributed by atoms with Crippen LogP contribution >= 0.6 is 23.2 Å². The number of imidazole rings is 1. The van der Waals surface area contributed by atoms with E-state index in [1.54, 1.807) is 42.5 Å². The minimum Gasteiger partial charge on any atom is -0.318 e. The lowest BCUT2D eigenvalue weighted by Gasteiger charge is -2.11. The summed E-state index contributed by atoms with van der Waals surface area (Å²) in [5, 5.41) is 3.16. The predicted molar refractivity (Wildman–Crippen MR) is 104 cm³/mol. The van der Waals surface area contributed by atoms with E-state index in [-0.39, 0.29) is 38.9 Å². The summed E-state index contributed by atoms with van der Waals surface area (Å²) in [5.74, 6) is -0.614. The SMILES string of the molecule is O=C(Nc1c(Cl)cccc1Cl)c1c(-c2ccccc2)nc2n1CCS2(=O)=O. The highest BCUT2D eigenvalue weighted by molar-refractivity contribution is 7.91. The maximum Gasteiger partial charge on any atom is 0.274 e. The monoisotopic (exact) mass is 421 g/mol. The van der Waals surface area contributed by atoms with Gasteiger partial charge in [0, 0.05) is 12.1 Å². The lowest BCUT2D eigenvalue weighted by molar-refractivity contribution is 0.101. The van der Waals surface area contributed by atoms with Crippen molar-refractivity contribution in [2.45, 2.75) is 11.7 Å². The Labute approximate surface area is 165 Å². The molecule has 9 heteroatoms. The topological polar surface area (TPSA) is 81.1 Å². The van der Waals surface area contributed by atoms with Gasteiger partial charge in [-0.25, -0.2) is 13.4 Å². The molecule has 0 unspecified atom stereocenters. The lowest BCUT2D eigenvalue weighted by atomic mass is 10.1. The number of nitrogens with one attached hydrogen (secondary N) is 1. The van der Waals surface area contributed by atoms with Crippen LogP contribution in [0.2, 0.25) is 10.0 Å². The number of benzene rings is 2. The second-order valence-electron chi connectivity index (χ2n) is 5.98. The largest absolute Gasteiger partial charge is 0.318 e. The number of carbonyl (C=O) groups excluding carboxylic acids is 1. The van der Waals surface area contributed by atoms with Crippen LogP contribution in [0.15, 0.2) is 53.7 Å².